The first kappa shape index (κ1) is 14.5. The van der Waals surface area contributed by atoms with Gasteiger partial charge in [0.1, 0.15) is 5.82 Å². The molecule has 3 N–H and O–H groups in total. The molecule has 0 aliphatic carbocycles. The Morgan fingerprint density at radius 1 is 1.45 bits per heavy atom. The minimum atomic E-state index is -0.502. The maximum Gasteiger partial charge on any atom is 0.165 e. The molecule has 2 aromatic rings. The molecule has 0 aliphatic rings. The monoisotopic (exact) mass is 277 g/mol. The van der Waals surface area contributed by atoms with Crippen molar-refractivity contribution in [3.8, 4) is 17.0 Å². The topological polar surface area (TPSA) is 63.9 Å². The number of benzene rings is 1. The van der Waals surface area contributed by atoms with Gasteiger partial charge < -0.3 is 15.5 Å². The van der Waals surface area contributed by atoms with Gasteiger partial charge in [0.05, 0.1) is 24.5 Å². The highest BCUT2D eigenvalue weighted by molar-refractivity contribution is 5.60. The highest BCUT2D eigenvalue weighted by Gasteiger charge is 2.23. The number of aromatic nitrogens is 2. The van der Waals surface area contributed by atoms with Crippen LogP contribution in [0.25, 0.3) is 11.3 Å². The molecule has 1 aromatic carbocycles. The minimum absolute atomic E-state index is 0.225. The van der Waals surface area contributed by atoms with Crippen molar-refractivity contribution in [1.29, 1.82) is 0 Å². The lowest BCUT2D eigenvalue weighted by molar-refractivity contribution is 0.386. The number of hydrogen-bond donors (Lipinski definition) is 2. The van der Waals surface area contributed by atoms with E-state index in [0.29, 0.717) is 11.4 Å². The molecule has 0 bridgehead atoms. The lowest BCUT2D eigenvalue weighted by atomic mass is 9.97. The zero-order chi connectivity index (χ0) is 14.8. The van der Waals surface area contributed by atoms with Crippen molar-refractivity contribution in [2.24, 2.45) is 5.73 Å². The number of H-pyrrole nitrogens is 1. The normalized spacial score (nSPS) is 14.1. The number of methoxy groups -OCH3 is 1. The number of aromatic amines is 1. The summed E-state index contributed by atoms with van der Waals surface area (Å²) in [6.07, 6.45) is 3.48. The fraction of sp³-hybridized carbons (Fsp3) is 0.400. The number of nitrogens with one attached hydrogen (secondary N) is 1. The predicted molar refractivity (Wildman–Crippen MR) is 77.0 cm³/mol. The minimum Gasteiger partial charge on any atom is -0.494 e. The molecule has 20 heavy (non-hydrogen) atoms. The third kappa shape index (κ3) is 2.82. The molecule has 2 rings (SSSR count). The molecule has 0 aliphatic heterocycles. The molecule has 1 heterocycles. The Morgan fingerprint density at radius 2 is 2.20 bits per heavy atom. The number of nitrogens with zero attached hydrogens (tertiary/aromatic N) is 1. The first-order valence-electron chi connectivity index (χ1n) is 6.66. The molecular formula is C15H20FN3O. The van der Waals surface area contributed by atoms with Crippen molar-refractivity contribution in [2.75, 3.05) is 7.11 Å². The Balaban J connectivity index is 2.31. The van der Waals surface area contributed by atoms with Crippen LogP contribution in [-0.2, 0) is 5.54 Å². The smallest absolute Gasteiger partial charge is 0.165 e. The summed E-state index contributed by atoms with van der Waals surface area (Å²) in [5, 5.41) is 0. The van der Waals surface area contributed by atoms with Gasteiger partial charge in [-0.25, -0.2) is 9.37 Å². The van der Waals surface area contributed by atoms with Crippen LogP contribution in [0.4, 0.5) is 4.39 Å². The number of ether oxygens (including phenoxy) is 1. The molecule has 5 heteroatoms. The molecule has 0 saturated carbocycles. The van der Waals surface area contributed by atoms with Gasteiger partial charge in [0.15, 0.2) is 11.6 Å². The summed E-state index contributed by atoms with van der Waals surface area (Å²) < 4.78 is 18.6. The molecule has 1 unspecified atom stereocenters. The third-order valence-corrected chi connectivity index (χ3v) is 3.35. The molecule has 108 valence electrons. The van der Waals surface area contributed by atoms with E-state index in [4.69, 9.17) is 10.5 Å². The Kier molecular flexibility index (Phi) is 4.09. The van der Waals surface area contributed by atoms with E-state index in [9.17, 15) is 4.39 Å². The van der Waals surface area contributed by atoms with Gasteiger partial charge in [-0.05, 0) is 31.5 Å². The summed E-state index contributed by atoms with van der Waals surface area (Å²) in [7, 11) is 1.44. The molecule has 1 atom stereocenters. The first-order valence-corrected chi connectivity index (χ1v) is 6.66. The zero-order valence-corrected chi connectivity index (χ0v) is 12.0. The van der Waals surface area contributed by atoms with Crippen molar-refractivity contribution >= 4 is 0 Å². The quantitative estimate of drug-likeness (QED) is 0.882. The van der Waals surface area contributed by atoms with E-state index < -0.39 is 11.4 Å². The fourth-order valence-electron chi connectivity index (χ4n) is 2.23. The molecule has 4 nitrogen and oxygen atoms in total. The summed E-state index contributed by atoms with van der Waals surface area (Å²) in [6, 6.07) is 4.80. The summed E-state index contributed by atoms with van der Waals surface area (Å²) in [5.74, 6) is 0.541. The van der Waals surface area contributed by atoms with Gasteiger partial charge in [0.25, 0.3) is 0 Å². The largest absolute Gasteiger partial charge is 0.494 e. The van der Waals surface area contributed by atoms with Crippen LogP contribution < -0.4 is 10.5 Å². The molecule has 1 aromatic heterocycles. The van der Waals surface area contributed by atoms with Crippen LogP contribution in [0.5, 0.6) is 5.75 Å². The Labute approximate surface area is 118 Å². The Hall–Kier alpha value is -1.88. The maximum absolute atomic E-state index is 13.7. The van der Waals surface area contributed by atoms with Crippen molar-refractivity contribution in [3.05, 3.63) is 36.0 Å². The van der Waals surface area contributed by atoms with Gasteiger partial charge in [0.2, 0.25) is 0 Å². The van der Waals surface area contributed by atoms with Crippen LogP contribution in [0, 0.1) is 5.82 Å². The summed E-state index contributed by atoms with van der Waals surface area (Å²) >= 11 is 0. The highest BCUT2D eigenvalue weighted by atomic mass is 19.1. The van der Waals surface area contributed by atoms with E-state index in [-0.39, 0.29) is 5.75 Å². The van der Waals surface area contributed by atoms with Gasteiger partial charge in [-0.3, -0.25) is 0 Å². The van der Waals surface area contributed by atoms with E-state index in [2.05, 4.69) is 16.9 Å². The summed E-state index contributed by atoms with van der Waals surface area (Å²) in [6.45, 7) is 4.02. The van der Waals surface area contributed by atoms with Crippen LogP contribution in [0.3, 0.4) is 0 Å². The van der Waals surface area contributed by atoms with Crippen LogP contribution in [0.15, 0.2) is 24.4 Å². The zero-order valence-electron chi connectivity index (χ0n) is 12.0. The van der Waals surface area contributed by atoms with Crippen molar-refractivity contribution in [2.45, 2.75) is 32.2 Å². The number of rotatable bonds is 5. The van der Waals surface area contributed by atoms with Gasteiger partial charge in [-0.1, -0.05) is 13.3 Å². The van der Waals surface area contributed by atoms with E-state index >= 15 is 0 Å². The highest BCUT2D eigenvalue weighted by Crippen LogP contribution is 2.27. The summed E-state index contributed by atoms with van der Waals surface area (Å²) in [5.41, 5.74) is 7.19. The SMILES string of the molecule is CCCC(C)(N)c1ncc(-c2ccc(OC)c(F)c2)[nH]1. The van der Waals surface area contributed by atoms with Gasteiger partial charge in [0, 0.05) is 5.56 Å². The molecule has 0 fully saturated rings. The van der Waals surface area contributed by atoms with Gasteiger partial charge in [-0.15, -0.1) is 0 Å². The van der Waals surface area contributed by atoms with Crippen molar-refractivity contribution < 1.29 is 9.13 Å². The van der Waals surface area contributed by atoms with Crippen LogP contribution in [0.1, 0.15) is 32.5 Å². The second-order valence-electron chi connectivity index (χ2n) is 5.16. The van der Waals surface area contributed by atoms with E-state index in [1.165, 1.54) is 13.2 Å². The average Bonchev–Trinajstić information content (AvgIpc) is 2.89. The molecule has 0 saturated heterocycles. The number of nitrogens with two attached hydrogens (primary N) is 1. The fourth-order valence-corrected chi connectivity index (χ4v) is 2.23. The van der Waals surface area contributed by atoms with E-state index in [1.807, 2.05) is 6.92 Å². The molecule has 0 radical (unpaired) electrons. The van der Waals surface area contributed by atoms with E-state index in [0.717, 1.165) is 18.5 Å². The van der Waals surface area contributed by atoms with E-state index in [1.54, 1.807) is 18.3 Å². The molecule has 0 amide bonds. The van der Waals surface area contributed by atoms with Gasteiger partial charge >= 0.3 is 0 Å². The molecular weight excluding hydrogens is 257 g/mol. The van der Waals surface area contributed by atoms with Crippen LogP contribution in [0.2, 0.25) is 0 Å². The number of hydrogen-bond acceptors (Lipinski definition) is 3. The average molecular weight is 277 g/mol. The van der Waals surface area contributed by atoms with Crippen LogP contribution in [-0.4, -0.2) is 17.1 Å². The van der Waals surface area contributed by atoms with Crippen LogP contribution >= 0.6 is 0 Å². The Bertz CT molecular complexity index is 593. The third-order valence-electron chi connectivity index (χ3n) is 3.35. The second-order valence-corrected chi connectivity index (χ2v) is 5.16. The summed E-state index contributed by atoms with van der Waals surface area (Å²) in [4.78, 5) is 7.50. The predicted octanol–water partition coefficient (Wildman–Crippen LogP) is 3.20. The van der Waals surface area contributed by atoms with Crippen molar-refractivity contribution in [3.63, 3.8) is 0 Å². The van der Waals surface area contributed by atoms with Crippen molar-refractivity contribution in [1.82, 2.24) is 9.97 Å². The molecule has 0 spiro atoms. The Morgan fingerprint density at radius 3 is 2.80 bits per heavy atom. The standard InChI is InChI=1S/C15H20FN3O/c1-4-7-15(2,17)14-18-9-12(19-14)10-5-6-13(20-3)11(16)8-10/h5-6,8-9H,4,7,17H2,1-3H3,(H,18,19). The second kappa shape index (κ2) is 5.63. The number of imidazole rings is 1. The maximum atomic E-state index is 13.7. The van der Waals surface area contributed by atoms with Gasteiger partial charge in [-0.2, -0.15) is 0 Å². The lowest BCUT2D eigenvalue weighted by Crippen LogP contribution is -2.34. The number of halogens is 1. The first-order chi connectivity index (χ1) is 9.47. The lowest BCUT2D eigenvalue weighted by Gasteiger charge is -2.21.